The normalized spacial score (nSPS) is 11.0. The van der Waals surface area contributed by atoms with Crippen LogP contribution in [0.1, 0.15) is 39.0 Å². The molecule has 0 bridgehead atoms. The van der Waals surface area contributed by atoms with Crippen LogP contribution in [0.5, 0.6) is 11.8 Å². The highest BCUT2D eigenvalue weighted by atomic mass is 32.2. The van der Waals surface area contributed by atoms with Gasteiger partial charge in [-0.3, -0.25) is 0 Å². The third kappa shape index (κ3) is 5.52. The fourth-order valence-corrected chi connectivity index (χ4v) is 5.60. The molecule has 184 valence electrons. The molecular weight excluding hydrogens is 476 g/mol. The quantitative estimate of drug-likeness (QED) is 0.153. The van der Waals surface area contributed by atoms with Gasteiger partial charge in [0.1, 0.15) is 0 Å². The second-order valence-electron chi connectivity index (χ2n) is 8.51. The lowest BCUT2D eigenvalue weighted by Crippen LogP contribution is -2.11. The zero-order valence-corrected chi connectivity index (χ0v) is 21.6. The van der Waals surface area contributed by atoms with Crippen LogP contribution in [0.25, 0.3) is 0 Å². The Hall–Kier alpha value is -4.09. The molecule has 0 fully saturated rings. The van der Waals surface area contributed by atoms with E-state index in [9.17, 15) is 0 Å². The van der Waals surface area contributed by atoms with Gasteiger partial charge in [-0.2, -0.15) is 9.97 Å². The summed E-state index contributed by atoms with van der Waals surface area (Å²) in [5, 5.41) is 0.608. The molecule has 4 aromatic carbocycles. The van der Waals surface area contributed by atoms with Crippen LogP contribution in [-0.2, 0) is 0 Å². The topological polar surface area (TPSA) is 44.2 Å². The smallest absolute Gasteiger partial charge is 0.225 e. The van der Waals surface area contributed by atoms with Crippen LogP contribution in [0, 0.1) is 0 Å². The van der Waals surface area contributed by atoms with Crippen molar-refractivity contribution in [3.63, 3.8) is 0 Å². The van der Waals surface area contributed by atoms with Crippen LogP contribution < -0.4 is 9.47 Å². The molecule has 5 rings (SSSR count). The van der Waals surface area contributed by atoms with Gasteiger partial charge in [0.05, 0.1) is 25.0 Å². The Morgan fingerprint density at radius 2 is 0.865 bits per heavy atom. The highest BCUT2D eigenvalue weighted by Gasteiger charge is 2.29. The zero-order valence-electron chi connectivity index (χ0n) is 20.8. The molecule has 1 heterocycles. The molecule has 0 N–H and O–H groups in total. The second-order valence-corrected chi connectivity index (χ2v) is 9.58. The first-order chi connectivity index (χ1) is 18.3. The first kappa shape index (κ1) is 24.6. The molecule has 0 atom stereocenters. The maximum Gasteiger partial charge on any atom is 0.225 e. The summed E-state index contributed by atoms with van der Waals surface area (Å²) in [6.07, 6.45) is 0. The highest BCUT2D eigenvalue weighted by Crippen LogP contribution is 2.45. The number of aromatic nitrogens is 2. The molecule has 0 aliphatic rings. The minimum atomic E-state index is -0.148. The van der Waals surface area contributed by atoms with Crippen molar-refractivity contribution in [2.45, 2.75) is 16.3 Å². The number of benzene rings is 4. The van der Waals surface area contributed by atoms with Gasteiger partial charge < -0.3 is 9.47 Å². The van der Waals surface area contributed by atoms with Gasteiger partial charge in [0.25, 0.3) is 0 Å². The van der Waals surface area contributed by atoms with E-state index in [1.165, 1.54) is 11.1 Å². The van der Waals surface area contributed by atoms with Crippen molar-refractivity contribution >= 4 is 11.8 Å². The molecule has 0 saturated heterocycles. The van der Waals surface area contributed by atoms with Gasteiger partial charge in [-0.25, -0.2) is 0 Å². The monoisotopic (exact) mass is 504 g/mol. The van der Waals surface area contributed by atoms with Crippen LogP contribution in [0.2, 0.25) is 0 Å². The number of nitrogens with zero attached hydrogens (tertiary/aromatic N) is 2. The molecule has 0 radical (unpaired) electrons. The average Bonchev–Trinajstić information content (AvgIpc) is 2.98. The van der Waals surface area contributed by atoms with Gasteiger partial charge in [0.2, 0.25) is 11.8 Å². The van der Waals surface area contributed by atoms with Crippen LogP contribution >= 0.6 is 11.8 Å². The molecule has 37 heavy (non-hydrogen) atoms. The van der Waals surface area contributed by atoms with E-state index in [4.69, 9.17) is 19.4 Å². The van der Waals surface area contributed by atoms with E-state index < -0.39 is 0 Å². The number of ether oxygens (including phenoxy) is 2. The first-order valence-corrected chi connectivity index (χ1v) is 13.0. The van der Waals surface area contributed by atoms with Crippen LogP contribution in [0.3, 0.4) is 0 Å². The Labute approximate surface area is 222 Å². The molecule has 5 aromatic rings. The summed E-state index contributed by atoms with van der Waals surface area (Å²) in [5.41, 5.74) is 5.38. The van der Waals surface area contributed by atoms with Crippen molar-refractivity contribution < 1.29 is 9.47 Å². The van der Waals surface area contributed by atoms with E-state index in [0.717, 1.165) is 16.7 Å². The molecule has 0 spiro atoms. The fraction of sp³-hybridized carbons (Fsp3) is 0.125. The molecular formula is C32H28N2O2S. The first-order valence-electron chi connectivity index (χ1n) is 12.1. The maximum atomic E-state index is 5.90. The average molecular weight is 505 g/mol. The van der Waals surface area contributed by atoms with Crippen LogP contribution in [0.4, 0.5) is 0 Å². The molecule has 0 amide bonds. The van der Waals surface area contributed by atoms with Crippen LogP contribution in [-0.4, -0.2) is 24.2 Å². The van der Waals surface area contributed by atoms with Crippen molar-refractivity contribution in [1.82, 2.24) is 9.97 Å². The van der Waals surface area contributed by atoms with E-state index >= 15 is 0 Å². The number of thioether (sulfide) groups is 1. The lowest BCUT2D eigenvalue weighted by atomic mass is 9.86. The lowest BCUT2D eigenvalue weighted by molar-refractivity contribution is 0.353. The highest BCUT2D eigenvalue weighted by molar-refractivity contribution is 7.99. The molecule has 0 saturated carbocycles. The van der Waals surface area contributed by atoms with Gasteiger partial charge in [0.15, 0.2) is 5.16 Å². The van der Waals surface area contributed by atoms with Crippen molar-refractivity contribution in [3.8, 4) is 11.8 Å². The molecule has 0 unspecified atom stereocenters. The molecule has 1 aromatic heterocycles. The van der Waals surface area contributed by atoms with Crippen LogP contribution in [0.15, 0.2) is 126 Å². The predicted molar refractivity (Wildman–Crippen MR) is 150 cm³/mol. The number of hydrogen-bond donors (Lipinski definition) is 0. The fourth-order valence-electron chi connectivity index (χ4n) is 4.53. The summed E-state index contributed by atoms with van der Waals surface area (Å²) in [7, 11) is 3.30. The summed E-state index contributed by atoms with van der Waals surface area (Å²) in [5.74, 6) is 0.865. The van der Waals surface area contributed by atoms with Crippen molar-refractivity contribution in [2.75, 3.05) is 14.2 Å². The third-order valence-electron chi connectivity index (χ3n) is 6.22. The summed E-state index contributed by atoms with van der Waals surface area (Å²) in [6.45, 7) is 0. The van der Waals surface area contributed by atoms with Gasteiger partial charge in [0, 0.05) is 5.92 Å². The summed E-state index contributed by atoms with van der Waals surface area (Å²) in [6, 6.07) is 41.5. The van der Waals surface area contributed by atoms with E-state index in [0.29, 0.717) is 16.9 Å². The van der Waals surface area contributed by atoms with Crippen molar-refractivity contribution in [3.05, 3.63) is 149 Å². The Morgan fingerprint density at radius 3 is 1.22 bits per heavy atom. The summed E-state index contributed by atoms with van der Waals surface area (Å²) in [4.78, 5) is 9.82. The molecule has 0 aliphatic heterocycles. The number of hydrogen-bond acceptors (Lipinski definition) is 5. The number of rotatable bonds is 9. The largest absolute Gasteiger partial charge is 0.481 e. The second kappa shape index (κ2) is 11.8. The van der Waals surface area contributed by atoms with E-state index in [1.54, 1.807) is 26.0 Å². The third-order valence-corrected chi connectivity index (χ3v) is 7.40. The Morgan fingerprint density at radius 1 is 0.514 bits per heavy atom. The number of methoxy groups -OCH3 is 2. The van der Waals surface area contributed by atoms with Gasteiger partial charge in [-0.15, -0.1) is 0 Å². The predicted octanol–water partition coefficient (Wildman–Crippen LogP) is 7.56. The van der Waals surface area contributed by atoms with Crippen molar-refractivity contribution in [1.29, 1.82) is 0 Å². The van der Waals surface area contributed by atoms with E-state index in [2.05, 4.69) is 72.8 Å². The molecule has 5 heteroatoms. The van der Waals surface area contributed by atoms with Gasteiger partial charge in [-0.05, 0) is 22.3 Å². The Balaban J connectivity index is 1.62. The maximum absolute atomic E-state index is 5.90. The lowest BCUT2D eigenvalue weighted by Gasteiger charge is -2.23. The minimum Gasteiger partial charge on any atom is -0.481 e. The SMILES string of the molecule is COc1nc(SC(c2ccccc2)c2ccccc2)nc(OC)c1C(c1ccccc1)c1ccccc1. The zero-order chi connectivity index (χ0) is 25.5. The van der Waals surface area contributed by atoms with Gasteiger partial charge >= 0.3 is 0 Å². The molecule has 0 aliphatic carbocycles. The molecule has 4 nitrogen and oxygen atoms in total. The summed E-state index contributed by atoms with van der Waals surface area (Å²) < 4.78 is 11.8. The van der Waals surface area contributed by atoms with Gasteiger partial charge in [-0.1, -0.05) is 133 Å². The Kier molecular flexibility index (Phi) is 7.82. The van der Waals surface area contributed by atoms with E-state index in [1.807, 2.05) is 48.5 Å². The summed E-state index contributed by atoms with van der Waals surface area (Å²) >= 11 is 1.58. The standard InChI is InChI=1S/C32H28N2O2S/c1-35-30-28(27(23-15-7-3-8-16-23)24-17-9-4-10-18-24)31(36-2)34-32(33-30)37-29(25-19-11-5-12-20-25)26-21-13-6-14-22-26/h3-22,27,29H,1-2H3. The van der Waals surface area contributed by atoms with Crippen molar-refractivity contribution in [2.24, 2.45) is 0 Å². The Bertz CT molecular complexity index is 1310. The minimum absolute atomic E-state index is 0.0155. The van der Waals surface area contributed by atoms with E-state index in [-0.39, 0.29) is 11.2 Å².